The number of methoxy groups -OCH3 is 1. The van der Waals surface area contributed by atoms with E-state index in [9.17, 15) is 19.5 Å². The highest BCUT2D eigenvalue weighted by Crippen LogP contribution is 2.35. The number of nitrogens with one attached hydrogen (secondary N) is 1. The van der Waals surface area contributed by atoms with Crippen LogP contribution in [-0.4, -0.2) is 41.5 Å². The lowest BCUT2D eigenvalue weighted by Gasteiger charge is -2.30. The van der Waals surface area contributed by atoms with E-state index in [0.29, 0.717) is 42.0 Å². The molecule has 42 heavy (non-hydrogen) atoms. The second kappa shape index (κ2) is 15.0. The molecule has 0 bridgehead atoms. The van der Waals surface area contributed by atoms with Crippen molar-refractivity contribution >= 4 is 52.5 Å². The lowest BCUT2D eigenvalue weighted by molar-refractivity contribution is -0.138. The van der Waals surface area contributed by atoms with Gasteiger partial charge in [0.2, 0.25) is 5.91 Å². The summed E-state index contributed by atoms with van der Waals surface area (Å²) >= 11 is 12.3. The van der Waals surface area contributed by atoms with Crippen molar-refractivity contribution in [2.75, 3.05) is 23.9 Å². The largest absolute Gasteiger partial charge is 0.495 e. The highest BCUT2D eigenvalue weighted by Gasteiger charge is 2.28. The molecule has 0 aliphatic rings. The Balaban J connectivity index is 1.89. The highest BCUT2D eigenvalue weighted by molar-refractivity contribution is 6.40. The number of ether oxygens (including phenoxy) is 1. The Labute approximate surface area is 257 Å². The average molecular weight is 615 g/mol. The number of hydrogen-bond donors (Lipinski definition) is 2. The number of anilines is 2. The van der Waals surface area contributed by atoms with E-state index in [0.717, 1.165) is 0 Å². The topological polar surface area (TPSA) is 109 Å². The van der Waals surface area contributed by atoms with Crippen molar-refractivity contribution in [3.05, 3.63) is 81.5 Å². The van der Waals surface area contributed by atoms with E-state index in [1.807, 2.05) is 27.7 Å². The zero-order chi connectivity index (χ0) is 31.0. The van der Waals surface area contributed by atoms with Crippen LogP contribution in [0.4, 0.5) is 11.5 Å². The number of amides is 2. The number of carbonyl (C=O) groups is 3. The van der Waals surface area contributed by atoms with Gasteiger partial charge in [0, 0.05) is 18.7 Å². The van der Waals surface area contributed by atoms with Crippen molar-refractivity contribution in [2.24, 2.45) is 11.8 Å². The van der Waals surface area contributed by atoms with Gasteiger partial charge in [0.15, 0.2) is 0 Å². The fourth-order valence-corrected chi connectivity index (χ4v) is 5.33. The van der Waals surface area contributed by atoms with Gasteiger partial charge < -0.3 is 20.1 Å². The van der Waals surface area contributed by atoms with Crippen molar-refractivity contribution in [2.45, 2.75) is 52.9 Å². The molecule has 2 amide bonds. The van der Waals surface area contributed by atoms with Gasteiger partial charge in [-0.05, 0) is 66.6 Å². The van der Waals surface area contributed by atoms with Crippen molar-refractivity contribution in [1.82, 2.24) is 4.98 Å². The van der Waals surface area contributed by atoms with Crippen LogP contribution in [0, 0.1) is 11.8 Å². The molecule has 0 fully saturated rings. The zero-order valence-corrected chi connectivity index (χ0v) is 26.0. The van der Waals surface area contributed by atoms with Crippen LogP contribution < -0.4 is 15.0 Å². The van der Waals surface area contributed by atoms with Crippen LogP contribution in [0.3, 0.4) is 0 Å². The number of aliphatic carboxylic acids is 1. The summed E-state index contributed by atoms with van der Waals surface area (Å²) in [5, 5.41) is 13.3. The standard InChI is InChI=1S/C32H37Cl2N3O5/c1-6-21(7-2)31(39)37(18-19(3)4)26-16-22(12-13-27(26)42-5)23(32(40)41)15-20-11-14-28(35-17-20)36-30(38)29-24(33)9-8-10-25(29)34/h8-14,16-17,19,21,23H,6-7,15,18H2,1-5H3,(H,40,41)(H,35,36,38). The Hall–Kier alpha value is -3.62. The third-order valence-electron chi connectivity index (χ3n) is 7.04. The van der Waals surface area contributed by atoms with Gasteiger partial charge in [0.1, 0.15) is 11.6 Å². The number of rotatable bonds is 13. The molecule has 8 nitrogen and oxygen atoms in total. The molecule has 1 aromatic heterocycles. The molecule has 3 aromatic rings. The molecule has 1 unspecified atom stereocenters. The zero-order valence-electron chi connectivity index (χ0n) is 24.5. The fraction of sp³-hybridized carbons (Fsp3) is 0.375. The molecular weight excluding hydrogens is 577 g/mol. The van der Waals surface area contributed by atoms with Crippen LogP contribution in [0.15, 0.2) is 54.7 Å². The minimum absolute atomic E-state index is 0.00376. The van der Waals surface area contributed by atoms with Gasteiger partial charge >= 0.3 is 5.97 Å². The van der Waals surface area contributed by atoms with Crippen molar-refractivity contribution in [3.63, 3.8) is 0 Å². The Kier molecular flexibility index (Phi) is 11.8. The minimum atomic E-state index is -1.02. The van der Waals surface area contributed by atoms with E-state index < -0.39 is 17.8 Å². The predicted octanol–water partition coefficient (Wildman–Crippen LogP) is 7.49. The number of pyridine rings is 1. The Morgan fingerprint density at radius 2 is 1.69 bits per heavy atom. The molecule has 3 rings (SSSR count). The third-order valence-corrected chi connectivity index (χ3v) is 7.67. The summed E-state index contributed by atoms with van der Waals surface area (Å²) in [6.45, 7) is 8.52. The molecule has 0 saturated carbocycles. The molecule has 0 saturated heterocycles. The average Bonchev–Trinajstić information content (AvgIpc) is 2.95. The number of nitrogens with zero attached hydrogens (tertiary/aromatic N) is 2. The van der Waals surface area contributed by atoms with Gasteiger partial charge in [0.25, 0.3) is 5.91 Å². The van der Waals surface area contributed by atoms with E-state index >= 15 is 0 Å². The summed E-state index contributed by atoms with van der Waals surface area (Å²) < 4.78 is 5.61. The third kappa shape index (κ3) is 8.01. The first-order valence-corrected chi connectivity index (χ1v) is 14.7. The fourth-order valence-electron chi connectivity index (χ4n) is 4.76. The second-order valence-corrected chi connectivity index (χ2v) is 11.3. The Morgan fingerprint density at radius 3 is 2.21 bits per heavy atom. The lowest BCUT2D eigenvalue weighted by atomic mass is 9.91. The number of hydrogen-bond acceptors (Lipinski definition) is 5. The van der Waals surface area contributed by atoms with Crippen molar-refractivity contribution in [3.8, 4) is 5.75 Å². The maximum absolute atomic E-state index is 13.6. The molecule has 2 N–H and O–H groups in total. The van der Waals surface area contributed by atoms with E-state index in [4.69, 9.17) is 27.9 Å². The van der Waals surface area contributed by atoms with Crippen molar-refractivity contribution < 1.29 is 24.2 Å². The highest BCUT2D eigenvalue weighted by atomic mass is 35.5. The molecule has 10 heteroatoms. The van der Waals surface area contributed by atoms with Gasteiger partial charge in [-0.2, -0.15) is 0 Å². The number of halogens is 2. The summed E-state index contributed by atoms with van der Waals surface area (Å²) in [5.74, 6) is -1.63. The quantitative estimate of drug-likeness (QED) is 0.207. The van der Waals surface area contributed by atoms with Gasteiger partial charge in [-0.1, -0.05) is 69.1 Å². The van der Waals surface area contributed by atoms with E-state index in [2.05, 4.69) is 10.3 Å². The summed E-state index contributed by atoms with van der Waals surface area (Å²) in [7, 11) is 1.54. The van der Waals surface area contributed by atoms with Gasteiger partial charge in [-0.15, -0.1) is 0 Å². The normalized spacial score (nSPS) is 11.8. The monoisotopic (exact) mass is 613 g/mol. The molecule has 0 radical (unpaired) electrons. The van der Waals surface area contributed by atoms with Crippen LogP contribution in [0.2, 0.25) is 10.0 Å². The van der Waals surface area contributed by atoms with Crippen LogP contribution >= 0.6 is 23.2 Å². The summed E-state index contributed by atoms with van der Waals surface area (Å²) in [4.78, 5) is 44.7. The molecule has 2 aromatic carbocycles. The van der Waals surface area contributed by atoms with Crippen LogP contribution in [0.1, 0.15) is 67.9 Å². The number of carboxylic acids is 1. The molecule has 0 spiro atoms. The molecule has 224 valence electrons. The SMILES string of the molecule is CCC(CC)C(=O)N(CC(C)C)c1cc(C(Cc2ccc(NC(=O)c3c(Cl)cccc3Cl)nc2)C(=O)O)ccc1OC. The lowest BCUT2D eigenvalue weighted by Crippen LogP contribution is -2.39. The maximum Gasteiger partial charge on any atom is 0.311 e. The minimum Gasteiger partial charge on any atom is -0.495 e. The maximum atomic E-state index is 13.6. The molecule has 1 atom stereocenters. The molecule has 0 aliphatic heterocycles. The first-order chi connectivity index (χ1) is 20.0. The first kappa shape index (κ1) is 32.9. The van der Waals surface area contributed by atoms with Crippen LogP contribution in [-0.2, 0) is 16.0 Å². The van der Waals surface area contributed by atoms with Crippen molar-refractivity contribution in [1.29, 1.82) is 0 Å². The van der Waals surface area contributed by atoms with E-state index in [1.54, 1.807) is 53.4 Å². The first-order valence-electron chi connectivity index (χ1n) is 13.9. The predicted molar refractivity (Wildman–Crippen MR) is 167 cm³/mol. The van der Waals surface area contributed by atoms with Crippen LogP contribution in [0.5, 0.6) is 5.75 Å². The van der Waals surface area contributed by atoms with Crippen LogP contribution in [0.25, 0.3) is 0 Å². The summed E-state index contributed by atoms with van der Waals surface area (Å²) in [6, 6.07) is 13.3. The number of aromatic nitrogens is 1. The van der Waals surface area contributed by atoms with E-state index in [-0.39, 0.29) is 45.6 Å². The summed E-state index contributed by atoms with van der Waals surface area (Å²) in [6.07, 6.45) is 3.08. The number of carbonyl (C=O) groups excluding carboxylic acids is 2. The Morgan fingerprint density at radius 1 is 1.02 bits per heavy atom. The number of carboxylic acid groups (broad SMARTS) is 1. The van der Waals surface area contributed by atoms with Gasteiger partial charge in [-0.25, -0.2) is 4.98 Å². The number of benzene rings is 2. The second-order valence-electron chi connectivity index (χ2n) is 10.5. The van der Waals surface area contributed by atoms with Gasteiger partial charge in [0.05, 0.1) is 34.3 Å². The smallest absolute Gasteiger partial charge is 0.311 e. The Bertz CT molecular complexity index is 1390. The molecule has 1 heterocycles. The molecule has 0 aliphatic carbocycles. The van der Waals surface area contributed by atoms with Gasteiger partial charge in [-0.3, -0.25) is 14.4 Å². The molecular formula is C32H37Cl2N3O5. The van der Waals surface area contributed by atoms with E-state index in [1.165, 1.54) is 13.3 Å². The summed E-state index contributed by atoms with van der Waals surface area (Å²) in [5.41, 5.74) is 1.89.